The molecule has 4 heteroatoms. The molecule has 0 heterocycles. The average molecular weight is 94.0 g/mol. The van der Waals surface area contributed by atoms with E-state index in [1.54, 1.807) is 0 Å². The van der Waals surface area contributed by atoms with Crippen molar-refractivity contribution in [3.8, 4) is 0 Å². The minimum absolute atomic E-state index is 0. The molecular weight excluding hydrogens is 92.0 g/mol. The van der Waals surface area contributed by atoms with E-state index < -0.39 is 6.68 Å². The summed E-state index contributed by atoms with van der Waals surface area (Å²) in [6.07, 6.45) is 0. The van der Waals surface area contributed by atoms with Crippen molar-refractivity contribution < 1.29 is 13.2 Å². The standard InChI is InChI=1S/CHF3.Na.H/c2-1(3)4;;/h1H;;. The minimum atomic E-state index is -3.67. The van der Waals surface area contributed by atoms with Crippen molar-refractivity contribution in [1.29, 1.82) is 0 Å². The first-order valence-electron chi connectivity index (χ1n) is 0.655. The predicted molar refractivity (Wildman–Crippen MR) is 14.3 cm³/mol. The van der Waals surface area contributed by atoms with E-state index in [4.69, 9.17) is 0 Å². The number of hydrogen-bond donors (Lipinski definition) is 0. The predicted octanol–water partition coefficient (Wildman–Crippen LogP) is 0.530. The molecule has 0 fully saturated rings. The van der Waals surface area contributed by atoms with Crippen molar-refractivity contribution >= 4 is 29.6 Å². The van der Waals surface area contributed by atoms with Gasteiger partial charge in [-0.3, -0.25) is 0 Å². The zero-order valence-corrected chi connectivity index (χ0v) is 1.71. The van der Waals surface area contributed by atoms with Crippen LogP contribution in [0.3, 0.4) is 0 Å². The maximum atomic E-state index is 9.67. The fourth-order valence-corrected chi connectivity index (χ4v) is 0. The third-order valence-corrected chi connectivity index (χ3v) is 0. The first kappa shape index (κ1) is 9.25. The molecule has 0 aromatic rings. The zero-order valence-electron chi connectivity index (χ0n) is 1.71. The number of rotatable bonds is 0. The van der Waals surface area contributed by atoms with Crippen molar-refractivity contribution in [2.45, 2.75) is 6.68 Å². The van der Waals surface area contributed by atoms with E-state index >= 15 is 0 Å². The molecule has 0 nitrogen and oxygen atoms in total. The molecule has 0 saturated carbocycles. The normalized spacial score (nSPS) is 7.20. The van der Waals surface area contributed by atoms with E-state index in [1.165, 1.54) is 0 Å². The fourth-order valence-electron chi connectivity index (χ4n) is 0. The van der Waals surface area contributed by atoms with Crippen LogP contribution in [0.1, 0.15) is 0 Å². The van der Waals surface area contributed by atoms with Crippen molar-refractivity contribution in [2.24, 2.45) is 0 Å². The second-order valence-electron chi connectivity index (χ2n) is 0.247. The summed E-state index contributed by atoms with van der Waals surface area (Å²) in [5.74, 6) is 0. The van der Waals surface area contributed by atoms with Crippen LogP contribution in [0, 0.1) is 0 Å². The van der Waals surface area contributed by atoms with Gasteiger partial charge in [-0.25, -0.2) is 0 Å². The van der Waals surface area contributed by atoms with Crippen LogP contribution in [0.15, 0.2) is 0 Å². The first-order chi connectivity index (χ1) is 1.73. The molecule has 0 spiro atoms. The van der Waals surface area contributed by atoms with E-state index in [0.717, 1.165) is 0 Å². The van der Waals surface area contributed by atoms with Gasteiger partial charge in [0.2, 0.25) is 0 Å². The number of hydrogen-bond acceptors (Lipinski definition) is 0. The molecule has 5 heavy (non-hydrogen) atoms. The van der Waals surface area contributed by atoms with E-state index in [0.29, 0.717) is 0 Å². The second kappa shape index (κ2) is 4.79. The molecule has 0 N–H and O–H groups in total. The van der Waals surface area contributed by atoms with Gasteiger partial charge >= 0.3 is 36.2 Å². The Morgan fingerprint density at radius 2 is 1.00 bits per heavy atom. The number of alkyl halides is 3. The van der Waals surface area contributed by atoms with E-state index in [9.17, 15) is 13.2 Å². The zero-order chi connectivity index (χ0) is 3.58. The molecule has 28 valence electrons. The molecule has 0 aliphatic heterocycles. The van der Waals surface area contributed by atoms with Crippen LogP contribution in [-0.4, -0.2) is 36.2 Å². The van der Waals surface area contributed by atoms with Gasteiger partial charge in [-0.2, -0.15) is 13.2 Å². The molecule has 0 aromatic heterocycles. The molecule has 0 bridgehead atoms. The summed E-state index contributed by atoms with van der Waals surface area (Å²) >= 11 is 0. The molecular formula is CH2F3Na. The van der Waals surface area contributed by atoms with Gasteiger partial charge in [0, 0.05) is 0 Å². The van der Waals surface area contributed by atoms with Gasteiger partial charge in [0.05, 0.1) is 0 Å². The third-order valence-electron chi connectivity index (χ3n) is 0. The van der Waals surface area contributed by atoms with Crippen molar-refractivity contribution in [3.63, 3.8) is 0 Å². The Labute approximate surface area is 49.6 Å². The molecule has 0 amide bonds. The van der Waals surface area contributed by atoms with Gasteiger partial charge in [0.25, 0.3) is 0 Å². The molecule has 0 saturated heterocycles. The third kappa shape index (κ3) is 59.7. The Morgan fingerprint density at radius 3 is 1.00 bits per heavy atom. The Balaban J connectivity index is 0. The van der Waals surface area contributed by atoms with Crippen LogP contribution in [-0.2, 0) is 0 Å². The van der Waals surface area contributed by atoms with Gasteiger partial charge in [0.1, 0.15) is 0 Å². The van der Waals surface area contributed by atoms with Crippen LogP contribution in [0.4, 0.5) is 13.2 Å². The van der Waals surface area contributed by atoms with Crippen molar-refractivity contribution in [2.75, 3.05) is 0 Å². The quantitative estimate of drug-likeness (QED) is 0.384. The SMILES string of the molecule is FC(F)F.[NaH]. The average Bonchev–Trinajstić information content (AvgIpc) is 0.811. The van der Waals surface area contributed by atoms with E-state index in [-0.39, 0.29) is 29.6 Å². The molecule has 0 radical (unpaired) electrons. The summed E-state index contributed by atoms with van der Waals surface area (Å²) in [4.78, 5) is 0. The molecule has 0 aromatic carbocycles. The molecule has 0 atom stereocenters. The van der Waals surface area contributed by atoms with Gasteiger partial charge < -0.3 is 0 Å². The number of halogens is 3. The summed E-state index contributed by atoms with van der Waals surface area (Å²) < 4.78 is 29.0. The summed E-state index contributed by atoms with van der Waals surface area (Å²) in [5.41, 5.74) is 0. The second-order valence-corrected chi connectivity index (χ2v) is 0.247. The maximum absolute atomic E-state index is 9.67. The van der Waals surface area contributed by atoms with Crippen molar-refractivity contribution in [3.05, 3.63) is 0 Å². The van der Waals surface area contributed by atoms with E-state index in [2.05, 4.69) is 0 Å². The van der Waals surface area contributed by atoms with Crippen molar-refractivity contribution in [1.82, 2.24) is 0 Å². The Bertz CT molecular complexity index is 11.6. The first-order valence-corrected chi connectivity index (χ1v) is 0.655. The van der Waals surface area contributed by atoms with Gasteiger partial charge in [-0.1, -0.05) is 0 Å². The van der Waals surface area contributed by atoms with Crippen LogP contribution in [0.25, 0.3) is 0 Å². The van der Waals surface area contributed by atoms with Crippen LogP contribution >= 0.6 is 0 Å². The van der Waals surface area contributed by atoms with E-state index in [1.807, 2.05) is 0 Å². The fraction of sp³-hybridized carbons (Fsp3) is 1.00. The molecule has 0 aliphatic rings. The molecule has 0 unspecified atom stereocenters. The van der Waals surface area contributed by atoms with Crippen LogP contribution < -0.4 is 0 Å². The topological polar surface area (TPSA) is 0 Å². The summed E-state index contributed by atoms with van der Waals surface area (Å²) in [6, 6.07) is 0. The van der Waals surface area contributed by atoms with Gasteiger partial charge in [-0.15, -0.1) is 0 Å². The summed E-state index contributed by atoms with van der Waals surface area (Å²) in [7, 11) is 0. The van der Waals surface area contributed by atoms with Gasteiger partial charge in [-0.05, 0) is 0 Å². The van der Waals surface area contributed by atoms with Crippen LogP contribution in [0.2, 0.25) is 0 Å². The van der Waals surface area contributed by atoms with Gasteiger partial charge in [0.15, 0.2) is 0 Å². The Hall–Kier alpha value is 0.790. The molecule has 0 aliphatic carbocycles. The van der Waals surface area contributed by atoms with Crippen LogP contribution in [0.5, 0.6) is 0 Å². The Morgan fingerprint density at radius 1 is 1.00 bits per heavy atom. The molecule has 0 rings (SSSR count). The Kier molecular flexibility index (Phi) is 8.86. The monoisotopic (exact) mass is 94.0 g/mol. The summed E-state index contributed by atoms with van der Waals surface area (Å²) in [5, 5.41) is 0. The summed E-state index contributed by atoms with van der Waals surface area (Å²) in [6.45, 7) is -3.67.